The Morgan fingerprint density at radius 2 is 2.35 bits per heavy atom. The summed E-state index contributed by atoms with van der Waals surface area (Å²) in [7, 11) is 0. The summed E-state index contributed by atoms with van der Waals surface area (Å²) in [5, 5.41) is 19.3. The first kappa shape index (κ1) is 17.9. The number of hydrogen-bond acceptors (Lipinski definition) is 7. The van der Waals surface area contributed by atoms with Crippen LogP contribution in [0.4, 0.5) is 0 Å². The van der Waals surface area contributed by atoms with E-state index >= 15 is 0 Å². The number of nitrogens with zero attached hydrogens (tertiary/aromatic N) is 5. The highest BCUT2D eigenvalue weighted by Crippen LogP contribution is 2.13. The van der Waals surface area contributed by atoms with Crippen molar-refractivity contribution in [1.82, 2.24) is 41.1 Å². The predicted molar refractivity (Wildman–Crippen MR) is 91.6 cm³/mol. The first-order chi connectivity index (χ1) is 12.7. The Labute approximate surface area is 150 Å². The van der Waals surface area contributed by atoms with Crippen LogP contribution in [-0.4, -0.2) is 68.0 Å². The number of amides is 2. The van der Waals surface area contributed by atoms with Gasteiger partial charge in [0.2, 0.25) is 11.8 Å². The van der Waals surface area contributed by atoms with Crippen LogP contribution in [0.2, 0.25) is 0 Å². The third-order valence-corrected chi connectivity index (χ3v) is 4.22. The Bertz CT molecular complexity index is 706. The van der Waals surface area contributed by atoms with Gasteiger partial charge in [-0.15, -0.1) is 10.2 Å². The molecular formula is C16H22N8O2. The highest BCUT2D eigenvalue weighted by molar-refractivity contribution is 5.88. The number of aromatic nitrogens is 5. The Balaban J connectivity index is 1.48. The number of H-pyrrole nitrogens is 1. The van der Waals surface area contributed by atoms with Gasteiger partial charge in [-0.1, -0.05) is 11.3 Å². The molecule has 1 aliphatic rings. The molecule has 0 spiro atoms. The van der Waals surface area contributed by atoms with Crippen LogP contribution in [-0.2, 0) is 22.6 Å². The lowest BCUT2D eigenvalue weighted by Crippen LogP contribution is -2.56. The minimum absolute atomic E-state index is 0.109. The second kappa shape index (κ2) is 8.99. The van der Waals surface area contributed by atoms with Crippen LogP contribution in [0.3, 0.4) is 0 Å². The molecule has 1 atom stereocenters. The number of carbonyl (C=O) groups is 2. The van der Waals surface area contributed by atoms with Crippen molar-refractivity contribution in [2.45, 2.75) is 31.8 Å². The molecule has 138 valence electrons. The van der Waals surface area contributed by atoms with Gasteiger partial charge in [-0.3, -0.25) is 19.5 Å². The maximum absolute atomic E-state index is 12.2. The Morgan fingerprint density at radius 1 is 1.42 bits per heavy atom. The first-order valence-electron chi connectivity index (χ1n) is 8.62. The summed E-state index contributed by atoms with van der Waals surface area (Å²) in [5.41, 5.74) is 1.02. The maximum Gasteiger partial charge on any atom is 0.237 e. The van der Waals surface area contributed by atoms with Gasteiger partial charge in [-0.05, 0) is 18.1 Å². The SMILES string of the molecule is O=C(C[C@@H]1C(=O)NCCN1Cc1cccnc1)NCCCc1nn[nH]n1. The molecule has 2 aromatic heterocycles. The highest BCUT2D eigenvalue weighted by atomic mass is 16.2. The largest absolute Gasteiger partial charge is 0.356 e. The summed E-state index contributed by atoms with van der Waals surface area (Å²) < 4.78 is 0. The predicted octanol–water partition coefficient (Wildman–Crippen LogP) is -0.966. The van der Waals surface area contributed by atoms with Crippen molar-refractivity contribution >= 4 is 11.8 Å². The zero-order chi connectivity index (χ0) is 18.2. The lowest BCUT2D eigenvalue weighted by Gasteiger charge is -2.34. The Morgan fingerprint density at radius 3 is 3.12 bits per heavy atom. The Hall–Kier alpha value is -2.88. The van der Waals surface area contributed by atoms with Crippen LogP contribution >= 0.6 is 0 Å². The molecule has 3 N–H and O–H groups in total. The number of rotatable bonds is 8. The minimum Gasteiger partial charge on any atom is -0.356 e. The molecule has 0 unspecified atom stereocenters. The van der Waals surface area contributed by atoms with Crippen molar-refractivity contribution in [2.24, 2.45) is 0 Å². The van der Waals surface area contributed by atoms with Crippen LogP contribution in [0.5, 0.6) is 0 Å². The third-order valence-electron chi connectivity index (χ3n) is 4.22. The first-order valence-corrected chi connectivity index (χ1v) is 8.62. The molecule has 1 fully saturated rings. The summed E-state index contributed by atoms with van der Waals surface area (Å²) in [5.74, 6) is 0.368. The molecule has 0 bridgehead atoms. The molecule has 1 saturated heterocycles. The van der Waals surface area contributed by atoms with E-state index in [1.54, 1.807) is 12.4 Å². The average molecular weight is 358 g/mol. The Kier molecular flexibility index (Phi) is 6.20. The molecular weight excluding hydrogens is 336 g/mol. The van der Waals surface area contributed by atoms with E-state index in [1.165, 1.54) is 0 Å². The number of aryl methyl sites for hydroxylation is 1. The number of piperazine rings is 1. The van der Waals surface area contributed by atoms with Crippen LogP contribution in [0.25, 0.3) is 0 Å². The second-order valence-corrected chi connectivity index (χ2v) is 6.12. The van der Waals surface area contributed by atoms with Gasteiger partial charge < -0.3 is 10.6 Å². The van der Waals surface area contributed by atoms with Gasteiger partial charge in [-0.2, -0.15) is 5.21 Å². The minimum atomic E-state index is -0.471. The van der Waals surface area contributed by atoms with Crippen molar-refractivity contribution in [3.63, 3.8) is 0 Å². The lowest BCUT2D eigenvalue weighted by atomic mass is 10.1. The molecule has 26 heavy (non-hydrogen) atoms. The molecule has 2 aromatic rings. The van der Waals surface area contributed by atoms with E-state index in [2.05, 4.69) is 36.2 Å². The standard InChI is InChI=1S/C16H22N8O2/c25-15(18-6-2-4-14-20-22-23-21-14)9-13-16(26)19-7-8-24(13)11-12-3-1-5-17-10-12/h1,3,5,10,13H,2,4,6-9,11H2,(H,18,25)(H,19,26)(H,20,21,22,23)/t13-/m1/s1. The van der Waals surface area contributed by atoms with Crippen molar-refractivity contribution < 1.29 is 9.59 Å². The van der Waals surface area contributed by atoms with E-state index in [-0.39, 0.29) is 18.2 Å². The van der Waals surface area contributed by atoms with Gasteiger partial charge in [0.1, 0.15) is 0 Å². The monoisotopic (exact) mass is 358 g/mol. The fourth-order valence-corrected chi connectivity index (χ4v) is 2.91. The quantitative estimate of drug-likeness (QED) is 0.518. The molecule has 0 aromatic carbocycles. The van der Waals surface area contributed by atoms with Crippen molar-refractivity contribution in [3.05, 3.63) is 35.9 Å². The van der Waals surface area contributed by atoms with E-state index in [9.17, 15) is 9.59 Å². The molecule has 10 nitrogen and oxygen atoms in total. The molecule has 3 rings (SSSR count). The number of carbonyl (C=O) groups excluding carboxylic acids is 2. The summed E-state index contributed by atoms with van der Waals surface area (Å²) in [6, 6.07) is 3.36. The molecule has 0 aliphatic carbocycles. The van der Waals surface area contributed by atoms with Gasteiger partial charge in [0, 0.05) is 45.0 Å². The van der Waals surface area contributed by atoms with E-state index < -0.39 is 6.04 Å². The molecule has 0 saturated carbocycles. The van der Waals surface area contributed by atoms with Gasteiger partial charge in [0.25, 0.3) is 0 Å². The van der Waals surface area contributed by atoms with E-state index in [4.69, 9.17) is 0 Å². The lowest BCUT2D eigenvalue weighted by molar-refractivity contribution is -0.134. The van der Waals surface area contributed by atoms with Crippen LogP contribution in [0.15, 0.2) is 24.5 Å². The van der Waals surface area contributed by atoms with Crippen LogP contribution in [0, 0.1) is 0 Å². The molecule has 0 radical (unpaired) electrons. The highest BCUT2D eigenvalue weighted by Gasteiger charge is 2.31. The molecule has 1 aliphatic heterocycles. The number of tetrazole rings is 1. The van der Waals surface area contributed by atoms with E-state index in [1.807, 2.05) is 17.0 Å². The van der Waals surface area contributed by atoms with E-state index in [0.717, 1.165) is 5.56 Å². The summed E-state index contributed by atoms with van der Waals surface area (Å²) in [4.78, 5) is 30.6. The topological polar surface area (TPSA) is 129 Å². The van der Waals surface area contributed by atoms with Gasteiger partial charge in [-0.25, -0.2) is 0 Å². The third kappa shape index (κ3) is 5.06. The second-order valence-electron chi connectivity index (χ2n) is 6.12. The van der Waals surface area contributed by atoms with Crippen LogP contribution in [0.1, 0.15) is 24.2 Å². The zero-order valence-electron chi connectivity index (χ0n) is 14.4. The average Bonchev–Trinajstić information content (AvgIpc) is 3.16. The van der Waals surface area contributed by atoms with Crippen molar-refractivity contribution in [3.8, 4) is 0 Å². The number of aromatic amines is 1. The van der Waals surface area contributed by atoms with Crippen molar-refractivity contribution in [1.29, 1.82) is 0 Å². The van der Waals surface area contributed by atoms with E-state index in [0.29, 0.717) is 44.8 Å². The fourth-order valence-electron chi connectivity index (χ4n) is 2.91. The molecule has 10 heteroatoms. The molecule has 2 amide bonds. The summed E-state index contributed by atoms with van der Waals surface area (Å²) in [6.45, 7) is 2.39. The fraction of sp³-hybridized carbons (Fsp3) is 0.500. The van der Waals surface area contributed by atoms with Crippen LogP contribution < -0.4 is 10.6 Å². The van der Waals surface area contributed by atoms with Gasteiger partial charge in [0.15, 0.2) is 5.82 Å². The molecule has 3 heterocycles. The normalized spacial score (nSPS) is 17.7. The van der Waals surface area contributed by atoms with Gasteiger partial charge >= 0.3 is 0 Å². The summed E-state index contributed by atoms with van der Waals surface area (Å²) in [6.07, 6.45) is 4.97. The number of pyridine rings is 1. The van der Waals surface area contributed by atoms with Gasteiger partial charge in [0.05, 0.1) is 12.5 Å². The zero-order valence-corrected chi connectivity index (χ0v) is 14.4. The van der Waals surface area contributed by atoms with Crippen molar-refractivity contribution in [2.75, 3.05) is 19.6 Å². The number of nitrogens with one attached hydrogen (secondary N) is 3. The summed E-state index contributed by atoms with van der Waals surface area (Å²) >= 11 is 0. The smallest absolute Gasteiger partial charge is 0.237 e. The number of hydrogen-bond donors (Lipinski definition) is 3. The maximum atomic E-state index is 12.2.